The zero-order chi connectivity index (χ0) is 26.6. The number of carbonyl (C=O) groups excluding carboxylic acids is 4. The maximum absolute atomic E-state index is 13.7. The molecule has 2 unspecified atom stereocenters. The molecule has 0 aliphatic carbocycles. The average Bonchev–Trinajstić information content (AvgIpc) is 2.78. The number of ether oxygens (including phenoxy) is 1. The van der Waals surface area contributed by atoms with Crippen molar-refractivity contribution >= 4 is 29.9 Å². The second kappa shape index (κ2) is 14.1. The first-order chi connectivity index (χ1) is 16.4. The van der Waals surface area contributed by atoms with E-state index in [0.717, 1.165) is 18.4 Å². The molecule has 0 aliphatic heterocycles. The predicted octanol–water partition coefficient (Wildman–Crippen LogP) is 3.29. The largest absolute Gasteiger partial charge is 0.444 e. The molecular formula is C26H40N4O5. The van der Waals surface area contributed by atoms with E-state index in [4.69, 9.17) is 10.5 Å². The van der Waals surface area contributed by atoms with Crippen LogP contribution in [-0.2, 0) is 19.1 Å². The van der Waals surface area contributed by atoms with E-state index in [1.54, 1.807) is 52.0 Å². The molecule has 0 heterocycles. The highest BCUT2D eigenvalue weighted by Crippen LogP contribution is 2.24. The zero-order valence-electron chi connectivity index (χ0n) is 21.6. The molecule has 0 saturated carbocycles. The lowest BCUT2D eigenvalue weighted by Crippen LogP contribution is -2.53. The highest BCUT2D eigenvalue weighted by Gasteiger charge is 2.35. The Morgan fingerprint density at radius 3 is 2.43 bits per heavy atom. The number of carbonyl (C=O) groups is 4. The molecule has 9 nitrogen and oxygen atoms in total. The Bertz CT molecular complexity index is 894. The zero-order valence-corrected chi connectivity index (χ0v) is 21.6. The molecule has 35 heavy (non-hydrogen) atoms. The first-order valence-electron chi connectivity index (χ1n) is 12.0. The Kier molecular flexibility index (Phi) is 12.0. The first-order valence-corrected chi connectivity index (χ1v) is 12.0. The smallest absolute Gasteiger partial charge is 0.408 e. The van der Waals surface area contributed by atoms with Crippen LogP contribution in [-0.4, -0.2) is 53.4 Å². The third kappa shape index (κ3) is 10.2. The minimum atomic E-state index is -1.11. The lowest BCUT2D eigenvalue weighted by molar-refractivity contribution is -0.142. The van der Waals surface area contributed by atoms with Crippen LogP contribution >= 0.6 is 0 Å². The fraction of sp³-hybridized carbons (Fsp3) is 0.538. The number of primary amides is 1. The minimum Gasteiger partial charge on any atom is -0.444 e. The number of rotatable bonds is 13. The Morgan fingerprint density at radius 1 is 1.20 bits per heavy atom. The van der Waals surface area contributed by atoms with Gasteiger partial charge in [0.1, 0.15) is 17.7 Å². The lowest BCUT2D eigenvalue weighted by Gasteiger charge is -2.34. The average molecular weight is 489 g/mol. The van der Waals surface area contributed by atoms with Crippen molar-refractivity contribution in [3.05, 3.63) is 42.0 Å². The third-order valence-corrected chi connectivity index (χ3v) is 5.14. The van der Waals surface area contributed by atoms with Gasteiger partial charge in [-0.15, -0.1) is 0 Å². The topological polar surface area (TPSA) is 131 Å². The molecule has 0 saturated heterocycles. The summed E-state index contributed by atoms with van der Waals surface area (Å²) in [6, 6.07) is 5.16. The van der Waals surface area contributed by atoms with Crippen LogP contribution in [0.15, 0.2) is 30.8 Å². The Hall–Kier alpha value is -3.36. The number of hydrogen-bond acceptors (Lipinski definition) is 5. The third-order valence-electron chi connectivity index (χ3n) is 5.14. The summed E-state index contributed by atoms with van der Waals surface area (Å²) in [6.45, 7) is 13.3. The first kappa shape index (κ1) is 29.7. The van der Waals surface area contributed by atoms with E-state index in [0.29, 0.717) is 12.1 Å². The second-order valence-corrected chi connectivity index (χ2v) is 9.25. The standard InChI is InChI=1S/C26H40N4O5/c1-7-10-16-28-23(32)22(19-13-11-12-18(8-2)17-19)30(9-3)24(33)20(14-15-21(27)31)29-25(34)35-26(4,5)6/h8,11-13,17,20,22H,2,7,9-10,14-16H2,1,3-6H3,(H2,27,31)(H,28,32)(H,29,34). The molecule has 1 aromatic rings. The van der Waals surface area contributed by atoms with E-state index in [9.17, 15) is 19.2 Å². The molecular weight excluding hydrogens is 448 g/mol. The van der Waals surface area contributed by atoms with Gasteiger partial charge in [-0.3, -0.25) is 14.4 Å². The van der Waals surface area contributed by atoms with E-state index < -0.39 is 35.6 Å². The van der Waals surface area contributed by atoms with Gasteiger partial charge in [0.2, 0.25) is 17.7 Å². The van der Waals surface area contributed by atoms with Gasteiger partial charge in [-0.25, -0.2) is 4.79 Å². The van der Waals surface area contributed by atoms with E-state index in [2.05, 4.69) is 17.2 Å². The molecule has 0 fully saturated rings. The fourth-order valence-corrected chi connectivity index (χ4v) is 3.47. The summed E-state index contributed by atoms with van der Waals surface area (Å²) in [5.74, 6) is -1.45. The van der Waals surface area contributed by atoms with E-state index in [-0.39, 0.29) is 25.3 Å². The van der Waals surface area contributed by atoms with Crippen molar-refractivity contribution in [1.29, 1.82) is 0 Å². The predicted molar refractivity (Wildman–Crippen MR) is 136 cm³/mol. The summed E-state index contributed by atoms with van der Waals surface area (Å²) < 4.78 is 5.30. The normalized spacial score (nSPS) is 12.7. The van der Waals surface area contributed by atoms with Crippen molar-refractivity contribution in [2.24, 2.45) is 5.73 Å². The molecule has 194 valence electrons. The number of nitrogens with zero attached hydrogens (tertiary/aromatic N) is 1. The van der Waals surface area contributed by atoms with Crippen LogP contribution in [0.5, 0.6) is 0 Å². The lowest BCUT2D eigenvalue weighted by atomic mass is 9.99. The summed E-state index contributed by atoms with van der Waals surface area (Å²) in [4.78, 5) is 52.3. The van der Waals surface area contributed by atoms with Crippen molar-refractivity contribution < 1.29 is 23.9 Å². The molecule has 4 amide bonds. The van der Waals surface area contributed by atoms with Gasteiger partial charge in [0, 0.05) is 19.5 Å². The molecule has 4 N–H and O–H groups in total. The van der Waals surface area contributed by atoms with Crippen molar-refractivity contribution in [2.75, 3.05) is 13.1 Å². The highest BCUT2D eigenvalue weighted by atomic mass is 16.6. The molecule has 0 radical (unpaired) electrons. The SMILES string of the molecule is C=Cc1cccc(C(C(=O)NCCCC)N(CC)C(=O)C(CCC(N)=O)NC(=O)OC(C)(C)C)c1. The number of nitrogens with one attached hydrogen (secondary N) is 2. The maximum Gasteiger partial charge on any atom is 0.408 e. The van der Waals surface area contributed by atoms with Crippen LogP contribution in [0.25, 0.3) is 6.08 Å². The van der Waals surface area contributed by atoms with Gasteiger partial charge >= 0.3 is 6.09 Å². The number of nitrogens with two attached hydrogens (primary N) is 1. The van der Waals surface area contributed by atoms with Crippen LogP contribution in [0.4, 0.5) is 4.79 Å². The fourth-order valence-electron chi connectivity index (χ4n) is 3.47. The molecule has 0 aromatic heterocycles. The summed E-state index contributed by atoms with van der Waals surface area (Å²) in [7, 11) is 0. The van der Waals surface area contributed by atoms with Gasteiger partial charge in [0.05, 0.1) is 0 Å². The molecule has 9 heteroatoms. The number of likely N-dealkylation sites (N-methyl/N-ethyl adjacent to an activating group) is 1. The number of hydrogen-bond donors (Lipinski definition) is 3. The van der Waals surface area contributed by atoms with E-state index in [1.165, 1.54) is 4.90 Å². The van der Waals surface area contributed by atoms with Crippen molar-refractivity contribution in [3.63, 3.8) is 0 Å². The quantitative estimate of drug-likeness (QED) is 0.367. The summed E-state index contributed by atoms with van der Waals surface area (Å²) >= 11 is 0. The second-order valence-electron chi connectivity index (χ2n) is 9.25. The van der Waals surface area contributed by atoms with Crippen LogP contribution in [0, 0.1) is 0 Å². The van der Waals surface area contributed by atoms with Gasteiger partial charge in [0.15, 0.2) is 0 Å². The number of benzene rings is 1. The summed E-state index contributed by atoms with van der Waals surface area (Å²) in [5.41, 5.74) is 5.93. The monoisotopic (exact) mass is 488 g/mol. The van der Waals surface area contributed by atoms with Crippen molar-refractivity contribution in [3.8, 4) is 0 Å². The number of amides is 4. The number of unbranched alkanes of at least 4 members (excludes halogenated alkanes) is 1. The van der Waals surface area contributed by atoms with E-state index >= 15 is 0 Å². The van der Waals surface area contributed by atoms with Gasteiger partial charge in [-0.05, 0) is 57.7 Å². The van der Waals surface area contributed by atoms with Crippen molar-refractivity contribution in [1.82, 2.24) is 15.5 Å². The van der Waals surface area contributed by atoms with Crippen LogP contribution < -0.4 is 16.4 Å². The maximum atomic E-state index is 13.7. The molecule has 2 atom stereocenters. The molecule has 0 aliphatic rings. The summed E-state index contributed by atoms with van der Waals surface area (Å²) in [5, 5.41) is 5.46. The molecule has 0 bridgehead atoms. The van der Waals surface area contributed by atoms with Gasteiger partial charge in [-0.1, -0.05) is 44.2 Å². The van der Waals surface area contributed by atoms with Crippen LogP contribution in [0.3, 0.4) is 0 Å². The van der Waals surface area contributed by atoms with Gasteiger partial charge < -0.3 is 26.0 Å². The summed E-state index contributed by atoms with van der Waals surface area (Å²) in [6.07, 6.45) is 2.42. The van der Waals surface area contributed by atoms with Gasteiger partial charge in [-0.2, -0.15) is 0 Å². The Balaban J connectivity index is 3.36. The molecule has 1 aromatic carbocycles. The number of alkyl carbamates (subject to hydrolysis) is 1. The Morgan fingerprint density at radius 2 is 1.89 bits per heavy atom. The molecule has 0 spiro atoms. The Labute approximate surface area is 208 Å². The van der Waals surface area contributed by atoms with Crippen LogP contribution in [0.2, 0.25) is 0 Å². The van der Waals surface area contributed by atoms with E-state index in [1.807, 2.05) is 13.0 Å². The minimum absolute atomic E-state index is 0.0270. The highest BCUT2D eigenvalue weighted by molar-refractivity contribution is 5.92. The van der Waals surface area contributed by atoms with Crippen molar-refractivity contribution in [2.45, 2.75) is 78.0 Å². The molecule has 1 rings (SSSR count). The van der Waals surface area contributed by atoms with Crippen LogP contribution in [0.1, 0.15) is 77.5 Å². The van der Waals surface area contributed by atoms with Gasteiger partial charge in [0.25, 0.3) is 0 Å².